The molecule has 0 unspecified atom stereocenters. The van der Waals surface area contributed by atoms with Gasteiger partial charge in [0.15, 0.2) is 23.3 Å². The third-order valence-corrected chi connectivity index (χ3v) is 12.8. The lowest BCUT2D eigenvalue weighted by Crippen LogP contribution is -2.54. The lowest BCUT2D eigenvalue weighted by atomic mass is 9.72. The number of hydrogen-bond acceptors (Lipinski definition) is 0. The number of aryl methyl sites for hydroxylation is 6. The number of benzene rings is 6. The van der Waals surface area contributed by atoms with E-state index in [-0.39, 0.29) is 0 Å². The zero-order valence-corrected chi connectivity index (χ0v) is 41.2. The van der Waals surface area contributed by atoms with Crippen LogP contribution in [0.25, 0.3) is 0 Å². The summed E-state index contributed by atoms with van der Waals surface area (Å²) in [5.74, 6) is -5.31. The van der Waals surface area contributed by atoms with Crippen LogP contribution in [-0.2, 0) is 5.41 Å². The first-order chi connectivity index (χ1) is 29.8. The van der Waals surface area contributed by atoms with E-state index in [0.29, 0.717) is 41.3 Å². The molecule has 352 valence electrons. The Bertz CT molecular complexity index is 2140. The molecule has 0 aliphatic rings. The summed E-state index contributed by atoms with van der Waals surface area (Å²) in [6, 6.07) is 20.8. The van der Waals surface area contributed by atoms with Gasteiger partial charge < -0.3 is 0 Å². The number of halogens is 16. The van der Waals surface area contributed by atoms with Crippen LogP contribution in [0.4, 0.5) is 43.9 Å². The Morgan fingerprint density at radius 1 is 0.323 bits per heavy atom. The average molecular weight is 1040 g/mol. The van der Waals surface area contributed by atoms with Crippen molar-refractivity contribution < 1.29 is 43.9 Å². The Morgan fingerprint density at radius 2 is 0.523 bits per heavy atom. The van der Waals surface area contributed by atoms with Crippen molar-refractivity contribution in [3.8, 4) is 0 Å². The predicted molar refractivity (Wildman–Crippen MR) is 249 cm³/mol. The van der Waals surface area contributed by atoms with E-state index in [0.717, 1.165) is 49.2 Å². The molecule has 0 heterocycles. The van der Waals surface area contributed by atoms with Crippen molar-refractivity contribution in [2.24, 2.45) is 0 Å². The second kappa shape index (κ2) is 23.9. The lowest BCUT2D eigenvalue weighted by molar-refractivity contribution is -0.288. The Labute approximate surface area is 403 Å². The molecule has 0 saturated carbocycles. The van der Waals surface area contributed by atoms with Crippen LogP contribution in [0.3, 0.4) is 0 Å². The maximum Gasteiger partial charge on any atom is 0.411 e. The van der Waals surface area contributed by atoms with Crippen LogP contribution in [0, 0.1) is 92.5 Å². The molecule has 6 aromatic rings. The van der Waals surface area contributed by atoms with E-state index in [1.54, 1.807) is 27.7 Å². The zero-order valence-electron chi connectivity index (χ0n) is 36.6. The quantitative estimate of drug-likeness (QED) is 0.120. The van der Waals surface area contributed by atoms with Crippen LogP contribution in [-0.4, -0.2) is 12.4 Å². The molecule has 16 heteroatoms. The van der Waals surface area contributed by atoms with Gasteiger partial charge in [-0.05, 0) is 115 Å². The normalized spacial score (nSPS) is 11.2. The van der Waals surface area contributed by atoms with Crippen molar-refractivity contribution in [1.82, 2.24) is 0 Å². The Balaban J connectivity index is 0.000000296. The molecule has 0 fully saturated rings. The van der Waals surface area contributed by atoms with Crippen molar-refractivity contribution in [3.05, 3.63) is 205 Å². The van der Waals surface area contributed by atoms with Gasteiger partial charge in [0.05, 0.1) is 30.1 Å². The number of rotatable bonds is 2. The van der Waals surface area contributed by atoms with Crippen LogP contribution in [0.5, 0.6) is 0 Å². The molecule has 0 aliphatic heterocycles. The molecule has 6 rings (SSSR count). The maximum absolute atomic E-state index is 13.7. The van der Waals surface area contributed by atoms with Crippen LogP contribution in [0.2, 0.25) is 30.1 Å². The largest absolute Gasteiger partial charge is 0.411 e. The molecule has 0 nitrogen and oxygen atoms in total. The standard InChI is InChI=1S/C17H14F6.C8H6Cl4.C8H8Cl2.C8H6F4.C8H10/c1-11-3-7-13(8-4-11)15(16(18,19)20,17(21,22)23)14-9-5-12(2)6-10-14;1-3-5(9)7(11)4(2)8(12)6(3)10;1-5-3-7(9)8(10)4-6(5)2;1-3-5(9)7(11)4(2)8(12)6(3)10;1-7-3-5-8(2)6-4-7/h3-10H,1-2H3;1-2H3;3-4H,1-2H3;1-2H3;3-6H,1-2H3. The first-order valence-corrected chi connectivity index (χ1v) is 21.4. The maximum atomic E-state index is 13.7. The van der Waals surface area contributed by atoms with Gasteiger partial charge in [0.2, 0.25) is 5.41 Å². The van der Waals surface area contributed by atoms with Gasteiger partial charge in [-0.25, -0.2) is 17.6 Å². The first kappa shape index (κ1) is 57.5. The Morgan fingerprint density at radius 3 is 0.723 bits per heavy atom. The molecule has 0 saturated heterocycles. The average Bonchev–Trinajstić information content (AvgIpc) is 3.24. The van der Waals surface area contributed by atoms with E-state index >= 15 is 0 Å². The second-order valence-electron chi connectivity index (χ2n) is 15.0. The van der Waals surface area contributed by atoms with Gasteiger partial charge in [0.1, 0.15) is 0 Å². The van der Waals surface area contributed by atoms with Gasteiger partial charge in [0, 0.05) is 11.1 Å². The third kappa shape index (κ3) is 14.2. The lowest BCUT2D eigenvalue weighted by Gasteiger charge is -2.38. The van der Waals surface area contributed by atoms with Gasteiger partial charge in [-0.15, -0.1) is 0 Å². The minimum Gasteiger partial charge on any atom is -0.203 e. The molecule has 65 heavy (non-hydrogen) atoms. The van der Waals surface area contributed by atoms with E-state index < -0.39 is 63.3 Å². The zero-order chi connectivity index (χ0) is 50.1. The molecule has 0 aliphatic carbocycles. The molecule has 0 amide bonds. The van der Waals surface area contributed by atoms with E-state index in [2.05, 4.69) is 38.1 Å². The van der Waals surface area contributed by atoms with E-state index in [1.807, 2.05) is 26.0 Å². The summed E-state index contributed by atoms with van der Waals surface area (Å²) in [5, 5.41) is 3.16. The fourth-order valence-corrected chi connectivity index (χ4v) is 7.15. The summed E-state index contributed by atoms with van der Waals surface area (Å²) >= 11 is 35.0. The predicted octanol–water partition coefficient (Wildman–Crippen LogP) is 19.4. The monoisotopic (exact) mass is 1030 g/mol. The topological polar surface area (TPSA) is 0 Å². The molecule has 0 spiro atoms. The SMILES string of the molecule is Cc1c(Cl)c(Cl)c(C)c(Cl)c1Cl.Cc1c(F)c(F)c(C)c(F)c1F.Cc1cc(Cl)c(Cl)cc1C.Cc1ccc(C(c2ccc(C)cc2)(C(F)(F)F)C(F)(F)F)cc1.Cc1ccc(C)cc1. The highest BCUT2D eigenvalue weighted by molar-refractivity contribution is 6.48. The molecule has 6 aromatic carbocycles. The Kier molecular flexibility index (Phi) is 21.1. The van der Waals surface area contributed by atoms with Crippen molar-refractivity contribution in [3.63, 3.8) is 0 Å². The molecule has 0 atom stereocenters. The van der Waals surface area contributed by atoms with E-state index in [1.165, 1.54) is 46.5 Å². The first-order valence-electron chi connectivity index (χ1n) is 19.1. The highest BCUT2D eigenvalue weighted by atomic mass is 35.5. The van der Waals surface area contributed by atoms with Crippen LogP contribution < -0.4 is 0 Å². The van der Waals surface area contributed by atoms with E-state index in [4.69, 9.17) is 69.6 Å². The molecular formula is C49H44Cl6F10. The van der Waals surface area contributed by atoms with Crippen LogP contribution >= 0.6 is 69.6 Å². The molecule has 0 bridgehead atoms. The molecule has 0 N–H and O–H groups in total. The third-order valence-electron chi connectivity index (χ3n) is 9.98. The van der Waals surface area contributed by atoms with Crippen molar-refractivity contribution >= 4 is 69.6 Å². The number of alkyl halides is 6. The van der Waals surface area contributed by atoms with Gasteiger partial charge in [-0.1, -0.05) is 165 Å². The second-order valence-corrected chi connectivity index (χ2v) is 17.3. The summed E-state index contributed by atoms with van der Waals surface area (Å²) in [5.41, 5.74) is 0.617. The summed E-state index contributed by atoms with van der Waals surface area (Å²) in [7, 11) is 0. The Hall–Kier alpha value is -3.64. The highest BCUT2D eigenvalue weighted by Gasteiger charge is 2.72. The molecule has 0 aromatic heterocycles. The fourth-order valence-electron chi connectivity index (χ4n) is 5.67. The number of hydrogen-bond donors (Lipinski definition) is 0. The minimum atomic E-state index is -5.53. The smallest absolute Gasteiger partial charge is 0.203 e. The summed E-state index contributed by atoms with van der Waals surface area (Å²) in [6.07, 6.45) is -11.1. The molecular weight excluding hydrogens is 991 g/mol. The van der Waals surface area contributed by atoms with Crippen LogP contribution in [0.1, 0.15) is 66.8 Å². The van der Waals surface area contributed by atoms with Gasteiger partial charge in [-0.3, -0.25) is 0 Å². The fraction of sp³-hybridized carbons (Fsp3) is 0.265. The van der Waals surface area contributed by atoms with Gasteiger partial charge >= 0.3 is 12.4 Å². The van der Waals surface area contributed by atoms with E-state index in [9.17, 15) is 43.9 Å². The van der Waals surface area contributed by atoms with Gasteiger partial charge in [0.25, 0.3) is 0 Å². The highest BCUT2D eigenvalue weighted by Crippen LogP contribution is 2.56. The van der Waals surface area contributed by atoms with Crippen molar-refractivity contribution in [2.75, 3.05) is 0 Å². The van der Waals surface area contributed by atoms with Crippen molar-refractivity contribution in [1.29, 1.82) is 0 Å². The summed E-state index contributed by atoms with van der Waals surface area (Å²) < 4.78 is 133. The minimum absolute atomic E-state index is 0.476. The van der Waals surface area contributed by atoms with Crippen molar-refractivity contribution in [2.45, 2.75) is 87.0 Å². The van der Waals surface area contributed by atoms with Gasteiger partial charge in [-0.2, -0.15) is 26.3 Å². The molecule has 0 radical (unpaired) electrons. The summed E-state index contributed by atoms with van der Waals surface area (Å²) in [6.45, 7) is 16.9. The summed E-state index contributed by atoms with van der Waals surface area (Å²) in [4.78, 5) is 0. The van der Waals surface area contributed by atoms with Crippen LogP contribution in [0.15, 0.2) is 84.9 Å².